The van der Waals surface area contributed by atoms with Crippen LogP contribution in [0.15, 0.2) is 59.1 Å². The SMILES string of the molecule is CCOc1cc(C=O)c(Br)cc1OCc1cccc2ccccc12. The van der Waals surface area contributed by atoms with Crippen LogP contribution in [0.3, 0.4) is 0 Å². The van der Waals surface area contributed by atoms with Crippen molar-refractivity contribution in [3.05, 3.63) is 70.2 Å². The van der Waals surface area contributed by atoms with Crippen LogP contribution < -0.4 is 9.47 Å². The first kappa shape index (κ1) is 16.5. The van der Waals surface area contributed by atoms with Gasteiger partial charge in [-0.2, -0.15) is 0 Å². The summed E-state index contributed by atoms with van der Waals surface area (Å²) in [7, 11) is 0. The fourth-order valence-electron chi connectivity index (χ4n) is 2.60. The molecule has 0 atom stereocenters. The molecule has 0 spiro atoms. The van der Waals surface area contributed by atoms with Crippen LogP contribution in [-0.2, 0) is 6.61 Å². The van der Waals surface area contributed by atoms with E-state index < -0.39 is 0 Å². The zero-order chi connectivity index (χ0) is 16.9. The summed E-state index contributed by atoms with van der Waals surface area (Å²) >= 11 is 3.39. The van der Waals surface area contributed by atoms with Crippen LogP contribution >= 0.6 is 15.9 Å². The van der Waals surface area contributed by atoms with E-state index in [1.54, 1.807) is 12.1 Å². The Bertz CT molecular complexity index is 869. The molecule has 0 aliphatic heterocycles. The average molecular weight is 385 g/mol. The van der Waals surface area contributed by atoms with Gasteiger partial charge in [0.1, 0.15) is 6.61 Å². The molecule has 0 amide bonds. The maximum Gasteiger partial charge on any atom is 0.162 e. The van der Waals surface area contributed by atoms with Gasteiger partial charge in [0.25, 0.3) is 0 Å². The standard InChI is InChI=1S/C20H17BrO3/c1-2-23-19-10-16(12-22)18(21)11-20(19)24-13-15-8-5-7-14-6-3-4-9-17(14)15/h3-12H,2,13H2,1H3. The molecule has 0 unspecified atom stereocenters. The lowest BCUT2D eigenvalue weighted by molar-refractivity contribution is 0.112. The van der Waals surface area contributed by atoms with Gasteiger partial charge in [-0.15, -0.1) is 0 Å². The van der Waals surface area contributed by atoms with Gasteiger partial charge in [0.2, 0.25) is 0 Å². The van der Waals surface area contributed by atoms with Crippen molar-refractivity contribution in [3.63, 3.8) is 0 Å². The Hall–Kier alpha value is -2.33. The summed E-state index contributed by atoms with van der Waals surface area (Å²) < 4.78 is 12.3. The van der Waals surface area contributed by atoms with Crippen LogP contribution in [0, 0.1) is 0 Å². The van der Waals surface area contributed by atoms with E-state index in [-0.39, 0.29) is 0 Å². The van der Waals surface area contributed by atoms with Crippen molar-refractivity contribution in [2.45, 2.75) is 13.5 Å². The van der Waals surface area contributed by atoms with Crippen molar-refractivity contribution in [1.82, 2.24) is 0 Å². The summed E-state index contributed by atoms with van der Waals surface area (Å²) in [4.78, 5) is 11.1. The molecular formula is C20H17BrO3. The lowest BCUT2D eigenvalue weighted by atomic mass is 10.1. The van der Waals surface area contributed by atoms with Gasteiger partial charge in [0.15, 0.2) is 17.8 Å². The average Bonchev–Trinajstić information content (AvgIpc) is 2.61. The highest BCUT2D eigenvalue weighted by Gasteiger charge is 2.11. The highest BCUT2D eigenvalue weighted by atomic mass is 79.9. The van der Waals surface area contributed by atoms with Crippen LogP contribution in [-0.4, -0.2) is 12.9 Å². The Labute approximate surface area is 149 Å². The second-order valence-corrected chi connectivity index (χ2v) is 6.15. The minimum Gasteiger partial charge on any atom is -0.490 e. The highest BCUT2D eigenvalue weighted by molar-refractivity contribution is 9.10. The van der Waals surface area contributed by atoms with Crippen LogP contribution in [0.5, 0.6) is 11.5 Å². The number of carbonyl (C=O) groups is 1. The van der Waals surface area contributed by atoms with Crippen molar-refractivity contribution in [3.8, 4) is 11.5 Å². The second kappa shape index (κ2) is 7.49. The smallest absolute Gasteiger partial charge is 0.162 e. The Kier molecular flexibility index (Phi) is 5.16. The molecule has 4 heteroatoms. The van der Waals surface area contributed by atoms with Crippen LogP contribution in [0.25, 0.3) is 10.8 Å². The molecule has 0 bridgehead atoms. The van der Waals surface area contributed by atoms with Gasteiger partial charge >= 0.3 is 0 Å². The summed E-state index contributed by atoms with van der Waals surface area (Å²) in [5.41, 5.74) is 1.64. The van der Waals surface area contributed by atoms with Gasteiger partial charge < -0.3 is 9.47 Å². The monoisotopic (exact) mass is 384 g/mol. The Balaban J connectivity index is 1.90. The molecule has 0 aliphatic carbocycles. The quantitative estimate of drug-likeness (QED) is 0.534. The van der Waals surface area contributed by atoms with Gasteiger partial charge in [-0.05, 0) is 51.3 Å². The number of ether oxygens (including phenoxy) is 2. The van der Waals surface area contributed by atoms with E-state index in [1.165, 1.54) is 10.8 Å². The third-order valence-electron chi connectivity index (χ3n) is 3.75. The molecule has 3 nitrogen and oxygen atoms in total. The second-order valence-electron chi connectivity index (χ2n) is 5.30. The van der Waals surface area contributed by atoms with Gasteiger partial charge in [0, 0.05) is 10.0 Å². The summed E-state index contributed by atoms with van der Waals surface area (Å²) in [6.07, 6.45) is 0.793. The molecule has 0 radical (unpaired) electrons. The minimum atomic E-state index is 0.425. The molecule has 0 aromatic heterocycles. The zero-order valence-corrected chi connectivity index (χ0v) is 14.9. The fraction of sp³-hybridized carbons (Fsp3) is 0.150. The molecule has 0 saturated heterocycles. The molecule has 24 heavy (non-hydrogen) atoms. The summed E-state index contributed by atoms with van der Waals surface area (Å²) in [5.74, 6) is 1.19. The van der Waals surface area contributed by atoms with Crippen molar-refractivity contribution in [2.75, 3.05) is 6.61 Å². The lowest BCUT2D eigenvalue weighted by Crippen LogP contribution is -2.01. The molecule has 0 aliphatic rings. The predicted molar refractivity (Wildman–Crippen MR) is 99.0 cm³/mol. The molecule has 3 aromatic carbocycles. The third kappa shape index (κ3) is 3.44. The molecule has 122 valence electrons. The number of hydrogen-bond acceptors (Lipinski definition) is 3. The Morgan fingerprint density at radius 3 is 2.54 bits per heavy atom. The highest BCUT2D eigenvalue weighted by Crippen LogP contribution is 2.34. The molecule has 0 fully saturated rings. The summed E-state index contributed by atoms with van der Waals surface area (Å²) in [5, 5.41) is 2.35. The first-order valence-electron chi connectivity index (χ1n) is 7.74. The number of rotatable bonds is 6. The Morgan fingerprint density at radius 2 is 1.75 bits per heavy atom. The van der Waals surface area contributed by atoms with Gasteiger partial charge in [-0.25, -0.2) is 0 Å². The summed E-state index contributed by atoms with van der Waals surface area (Å²) in [6.45, 7) is 2.83. The predicted octanol–water partition coefficient (Wildman–Crippen LogP) is 5.39. The molecule has 0 saturated carbocycles. The van der Waals surface area contributed by atoms with E-state index in [0.29, 0.717) is 34.7 Å². The normalized spacial score (nSPS) is 10.6. The maximum absolute atomic E-state index is 11.1. The van der Waals surface area contributed by atoms with E-state index in [1.807, 2.05) is 25.1 Å². The first-order chi connectivity index (χ1) is 11.7. The first-order valence-corrected chi connectivity index (χ1v) is 8.53. The van der Waals surface area contributed by atoms with E-state index in [4.69, 9.17) is 9.47 Å². The minimum absolute atomic E-state index is 0.425. The van der Waals surface area contributed by atoms with Crippen LogP contribution in [0.4, 0.5) is 0 Å². The number of aldehydes is 1. The van der Waals surface area contributed by atoms with Gasteiger partial charge in [0.05, 0.1) is 6.61 Å². The van der Waals surface area contributed by atoms with Crippen molar-refractivity contribution < 1.29 is 14.3 Å². The van der Waals surface area contributed by atoms with Crippen molar-refractivity contribution >= 4 is 33.0 Å². The van der Waals surface area contributed by atoms with Gasteiger partial charge in [-0.1, -0.05) is 42.5 Å². The van der Waals surface area contributed by atoms with E-state index in [0.717, 1.165) is 11.8 Å². The number of carbonyl (C=O) groups excluding carboxylic acids is 1. The number of fused-ring (bicyclic) bond motifs is 1. The van der Waals surface area contributed by atoms with Crippen molar-refractivity contribution in [1.29, 1.82) is 0 Å². The van der Waals surface area contributed by atoms with Crippen LogP contribution in [0.2, 0.25) is 0 Å². The number of halogens is 1. The largest absolute Gasteiger partial charge is 0.490 e. The molecule has 3 aromatic rings. The van der Waals surface area contributed by atoms with E-state index in [2.05, 4.69) is 40.2 Å². The van der Waals surface area contributed by atoms with E-state index in [9.17, 15) is 4.79 Å². The lowest BCUT2D eigenvalue weighted by Gasteiger charge is -2.14. The number of benzene rings is 3. The third-order valence-corrected chi connectivity index (χ3v) is 4.44. The topological polar surface area (TPSA) is 35.5 Å². The van der Waals surface area contributed by atoms with Crippen LogP contribution in [0.1, 0.15) is 22.8 Å². The fourth-order valence-corrected chi connectivity index (χ4v) is 3.01. The van der Waals surface area contributed by atoms with E-state index >= 15 is 0 Å². The molecular weight excluding hydrogens is 368 g/mol. The molecule has 3 rings (SSSR count). The maximum atomic E-state index is 11.1. The molecule has 0 N–H and O–H groups in total. The zero-order valence-electron chi connectivity index (χ0n) is 13.3. The van der Waals surface area contributed by atoms with Crippen molar-refractivity contribution in [2.24, 2.45) is 0 Å². The summed E-state index contributed by atoms with van der Waals surface area (Å²) in [6, 6.07) is 17.8. The number of hydrogen-bond donors (Lipinski definition) is 0. The van der Waals surface area contributed by atoms with Gasteiger partial charge in [-0.3, -0.25) is 4.79 Å². The molecule has 0 heterocycles. The Morgan fingerprint density at radius 1 is 1.00 bits per heavy atom.